The SMILES string of the molecule is Cc1ccoc1-c1cccc2c1C=CC2[Si](C)(C)C1=CC=CC1. The van der Waals surface area contributed by atoms with Gasteiger partial charge in [0.2, 0.25) is 0 Å². The minimum atomic E-state index is -1.53. The summed E-state index contributed by atoms with van der Waals surface area (Å²) in [4.78, 5) is 0. The normalized spacial score (nSPS) is 19.3. The maximum Gasteiger partial charge on any atom is 0.137 e. The monoisotopic (exact) mass is 318 g/mol. The molecule has 1 nitrogen and oxygen atoms in total. The second-order valence-electron chi connectivity index (χ2n) is 7.12. The molecule has 0 amide bonds. The van der Waals surface area contributed by atoms with Crippen molar-refractivity contribution in [2.24, 2.45) is 0 Å². The van der Waals surface area contributed by atoms with Crippen molar-refractivity contribution < 1.29 is 4.42 Å². The first-order chi connectivity index (χ1) is 11.1. The highest BCUT2D eigenvalue weighted by molar-refractivity contribution is 6.86. The Morgan fingerprint density at radius 1 is 1.17 bits per heavy atom. The first-order valence-corrected chi connectivity index (χ1v) is 11.4. The molecule has 1 heterocycles. The molecule has 4 rings (SSSR count). The van der Waals surface area contributed by atoms with Crippen molar-refractivity contribution in [3.8, 4) is 11.3 Å². The van der Waals surface area contributed by atoms with Gasteiger partial charge in [-0.05, 0) is 36.1 Å². The quantitative estimate of drug-likeness (QED) is 0.629. The van der Waals surface area contributed by atoms with Crippen molar-refractivity contribution in [1.82, 2.24) is 0 Å². The zero-order valence-corrected chi connectivity index (χ0v) is 15.0. The van der Waals surface area contributed by atoms with Gasteiger partial charge in [-0.3, -0.25) is 0 Å². The minimum absolute atomic E-state index is 0.555. The molecule has 0 saturated heterocycles. The van der Waals surface area contributed by atoms with Gasteiger partial charge in [0.15, 0.2) is 0 Å². The van der Waals surface area contributed by atoms with Crippen LogP contribution in [0.4, 0.5) is 0 Å². The van der Waals surface area contributed by atoms with E-state index in [2.05, 4.69) is 68.6 Å². The predicted octanol–water partition coefficient (Wildman–Crippen LogP) is 6.04. The molecule has 0 N–H and O–H groups in total. The number of furan rings is 1. The van der Waals surface area contributed by atoms with Crippen LogP contribution in [0.25, 0.3) is 17.4 Å². The Hall–Kier alpha value is -2.06. The van der Waals surface area contributed by atoms with Gasteiger partial charge in [0, 0.05) is 11.1 Å². The largest absolute Gasteiger partial charge is 0.464 e. The third-order valence-electron chi connectivity index (χ3n) is 5.41. The van der Waals surface area contributed by atoms with E-state index in [1.165, 1.54) is 22.3 Å². The molecule has 2 aromatic rings. The number of hydrogen-bond donors (Lipinski definition) is 0. The van der Waals surface area contributed by atoms with Gasteiger partial charge >= 0.3 is 0 Å². The molecule has 2 aliphatic carbocycles. The van der Waals surface area contributed by atoms with Crippen molar-refractivity contribution in [2.45, 2.75) is 32.0 Å². The summed E-state index contributed by atoms with van der Waals surface area (Å²) in [6.45, 7) is 7.11. The average Bonchev–Trinajstić information content (AvgIpc) is 3.27. The lowest BCUT2D eigenvalue weighted by Crippen LogP contribution is -2.36. The van der Waals surface area contributed by atoms with E-state index in [4.69, 9.17) is 4.42 Å². The summed E-state index contributed by atoms with van der Waals surface area (Å²) in [7, 11) is -1.53. The fraction of sp³-hybridized carbons (Fsp3) is 0.238. The zero-order chi connectivity index (χ0) is 16.0. The molecular weight excluding hydrogens is 296 g/mol. The number of fused-ring (bicyclic) bond motifs is 1. The van der Waals surface area contributed by atoms with Crippen LogP contribution in [0.15, 0.2) is 64.4 Å². The van der Waals surface area contributed by atoms with E-state index in [-0.39, 0.29) is 0 Å². The van der Waals surface area contributed by atoms with E-state index in [1.54, 1.807) is 11.5 Å². The van der Waals surface area contributed by atoms with Crippen LogP contribution in [0.5, 0.6) is 0 Å². The average molecular weight is 318 g/mol. The smallest absolute Gasteiger partial charge is 0.137 e. The Morgan fingerprint density at radius 2 is 2.04 bits per heavy atom. The van der Waals surface area contributed by atoms with Crippen molar-refractivity contribution in [2.75, 3.05) is 0 Å². The summed E-state index contributed by atoms with van der Waals surface area (Å²) in [5.41, 5.74) is 5.81. The summed E-state index contributed by atoms with van der Waals surface area (Å²) in [6.07, 6.45) is 14.5. The summed E-state index contributed by atoms with van der Waals surface area (Å²) in [5.74, 6) is 1.01. The van der Waals surface area contributed by atoms with Gasteiger partial charge in [-0.1, -0.05) is 66.9 Å². The molecule has 2 heteroatoms. The highest BCUT2D eigenvalue weighted by Gasteiger charge is 2.38. The second kappa shape index (κ2) is 5.24. The Morgan fingerprint density at radius 3 is 2.74 bits per heavy atom. The fourth-order valence-corrected chi connectivity index (χ4v) is 7.11. The Labute approximate surface area is 139 Å². The number of aryl methyl sites for hydroxylation is 1. The lowest BCUT2D eigenvalue weighted by Gasteiger charge is -2.31. The van der Waals surface area contributed by atoms with Gasteiger partial charge in [-0.25, -0.2) is 0 Å². The van der Waals surface area contributed by atoms with Crippen LogP contribution >= 0.6 is 0 Å². The topological polar surface area (TPSA) is 13.1 Å². The van der Waals surface area contributed by atoms with Crippen LogP contribution in [0.1, 0.15) is 28.7 Å². The molecule has 1 atom stereocenters. The van der Waals surface area contributed by atoms with Gasteiger partial charge in [-0.2, -0.15) is 0 Å². The Kier molecular flexibility index (Phi) is 3.31. The molecule has 0 saturated carbocycles. The molecule has 1 unspecified atom stereocenters. The van der Waals surface area contributed by atoms with Crippen LogP contribution < -0.4 is 0 Å². The molecule has 1 aromatic heterocycles. The lowest BCUT2D eigenvalue weighted by atomic mass is 10.00. The van der Waals surface area contributed by atoms with Crippen molar-refractivity contribution in [3.05, 3.63) is 76.7 Å². The van der Waals surface area contributed by atoms with Crippen molar-refractivity contribution in [1.29, 1.82) is 0 Å². The molecule has 0 fully saturated rings. The Bertz CT molecular complexity index is 848. The Balaban J connectivity index is 1.79. The molecule has 0 spiro atoms. The molecule has 2 aliphatic rings. The molecule has 116 valence electrons. The van der Waals surface area contributed by atoms with Crippen LogP contribution in [0.3, 0.4) is 0 Å². The van der Waals surface area contributed by atoms with Gasteiger partial charge in [-0.15, -0.1) is 0 Å². The maximum absolute atomic E-state index is 5.75. The van der Waals surface area contributed by atoms with Crippen LogP contribution in [-0.2, 0) is 0 Å². The molecule has 0 aliphatic heterocycles. The van der Waals surface area contributed by atoms with E-state index in [1.807, 2.05) is 6.07 Å². The highest BCUT2D eigenvalue weighted by atomic mass is 28.3. The molecule has 0 bridgehead atoms. The lowest BCUT2D eigenvalue weighted by molar-refractivity contribution is 0.580. The van der Waals surface area contributed by atoms with Crippen molar-refractivity contribution in [3.63, 3.8) is 0 Å². The molecular formula is C21H22OSi. The second-order valence-corrected chi connectivity index (χ2v) is 11.8. The standard InChI is InChI=1S/C21H22OSi/c1-15-13-14-22-21(15)19-10-6-9-18-17(19)11-12-20(18)23(2,3)16-7-4-5-8-16/h4-7,9-14,20H,8H2,1-3H3. The van der Waals surface area contributed by atoms with Gasteiger partial charge in [0.1, 0.15) is 5.76 Å². The molecule has 0 radical (unpaired) electrons. The van der Waals surface area contributed by atoms with Crippen LogP contribution in [-0.4, -0.2) is 8.07 Å². The van der Waals surface area contributed by atoms with E-state index >= 15 is 0 Å². The minimum Gasteiger partial charge on any atom is -0.464 e. The summed E-state index contributed by atoms with van der Waals surface area (Å²) >= 11 is 0. The van der Waals surface area contributed by atoms with E-state index < -0.39 is 8.07 Å². The van der Waals surface area contributed by atoms with E-state index in [0.29, 0.717) is 5.54 Å². The number of benzene rings is 1. The van der Waals surface area contributed by atoms with E-state index in [9.17, 15) is 0 Å². The number of allylic oxidation sites excluding steroid dienone is 5. The number of hydrogen-bond acceptors (Lipinski definition) is 1. The van der Waals surface area contributed by atoms with Crippen molar-refractivity contribution >= 4 is 14.1 Å². The summed E-state index contributed by atoms with van der Waals surface area (Å²) < 4.78 is 5.75. The van der Waals surface area contributed by atoms with Gasteiger partial charge in [0.25, 0.3) is 0 Å². The van der Waals surface area contributed by atoms with Crippen LogP contribution in [0.2, 0.25) is 13.1 Å². The predicted molar refractivity (Wildman–Crippen MR) is 100.0 cm³/mol. The third kappa shape index (κ3) is 2.20. The van der Waals surface area contributed by atoms with E-state index in [0.717, 1.165) is 12.2 Å². The van der Waals surface area contributed by atoms with Gasteiger partial charge in [0.05, 0.1) is 14.3 Å². The molecule has 1 aromatic carbocycles. The summed E-state index contributed by atoms with van der Waals surface area (Å²) in [6, 6.07) is 8.71. The van der Waals surface area contributed by atoms with Crippen LogP contribution in [0, 0.1) is 6.92 Å². The van der Waals surface area contributed by atoms with Gasteiger partial charge < -0.3 is 4.42 Å². The fourth-order valence-electron chi connectivity index (χ4n) is 3.94. The number of rotatable bonds is 3. The first kappa shape index (κ1) is 14.5. The maximum atomic E-state index is 5.75. The first-order valence-electron chi connectivity index (χ1n) is 8.31. The highest BCUT2D eigenvalue weighted by Crippen LogP contribution is 2.45. The third-order valence-corrected chi connectivity index (χ3v) is 9.50. The summed E-state index contributed by atoms with van der Waals surface area (Å²) in [5, 5.41) is 1.65. The molecule has 23 heavy (non-hydrogen) atoms. The zero-order valence-electron chi connectivity index (χ0n) is 14.0.